The number of piperidine rings is 2. The zero-order valence-electron chi connectivity index (χ0n) is 15.4. The highest BCUT2D eigenvalue weighted by Crippen LogP contribution is 2.23. The van der Waals surface area contributed by atoms with Crippen molar-refractivity contribution in [1.29, 1.82) is 0 Å². The lowest BCUT2D eigenvalue weighted by molar-refractivity contribution is -0.0358. The third-order valence-corrected chi connectivity index (χ3v) is 5.81. The maximum absolute atomic E-state index is 10.7. The molecule has 6 heteroatoms. The zero-order chi connectivity index (χ0) is 18.1. The molecule has 2 N–H and O–H groups in total. The molecule has 3 heterocycles. The van der Waals surface area contributed by atoms with Crippen LogP contribution in [0.4, 0.5) is 0 Å². The van der Waals surface area contributed by atoms with Crippen LogP contribution in [0, 0.1) is 6.92 Å². The van der Waals surface area contributed by atoms with Crippen LogP contribution in [0.15, 0.2) is 24.3 Å². The summed E-state index contributed by atoms with van der Waals surface area (Å²) >= 11 is 0. The molecule has 0 radical (unpaired) electrons. The first kappa shape index (κ1) is 17.8. The number of benzene rings is 1. The summed E-state index contributed by atoms with van der Waals surface area (Å²) in [5.41, 5.74) is 3.82. The molecule has 2 aliphatic heterocycles. The number of aliphatic hydroxyl groups is 2. The molecule has 0 aliphatic carbocycles. The molecule has 1 aromatic carbocycles. The number of β-amino-alcohol motifs (C(OH)–C–C–N with tert-alkyl or cyclic N) is 1. The Bertz CT molecular complexity index is 761. The first-order valence-electron chi connectivity index (χ1n) is 9.65. The number of hydrogen-bond donors (Lipinski definition) is 2. The Morgan fingerprint density at radius 2 is 1.69 bits per heavy atom. The summed E-state index contributed by atoms with van der Waals surface area (Å²) in [5.74, 6) is 0. The smallest absolute Gasteiger partial charge is 0.0890 e. The fraction of sp³-hybridized carbons (Fsp3) is 0.600. The average molecular weight is 356 g/mol. The van der Waals surface area contributed by atoms with Gasteiger partial charge in [-0.3, -0.25) is 9.80 Å². The van der Waals surface area contributed by atoms with E-state index in [9.17, 15) is 10.2 Å². The van der Waals surface area contributed by atoms with Crippen molar-refractivity contribution in [1.82, 2.24) is 19.8 Å². The summed E-state index contributed by atoms with van der Waals surface area (Å²) in [6.45, 7) is 6.13. The van der Waals surface area contributed by atoms with Gasteiger partial charge in [0.2, 0.25) is 0 Å². The maximum Gasteiger partial charge on any atom is 0.0890 e. The molecule has 2 fully saturated rings. The molecule has 0 bridgehead atoms. The second kappa shape index (κ2) is 7.56. The van der Waals surface area contributed by atoms with Gasteiger partial charge in [-0.25, -0.2) is 9.97 Å². The summed E-state index contributed by atoms with van der Waals surface area (Å²) in [5, 5.41) is 20.4. The molecule has 2 aliphatic rings. The standard InChI is InChI=1S/C20H28N4O2/c1-14-18(22-17-5-3-2-4-16(17)21-14)12-23-9-8-19(20(26)13-23)24-10-6-15(25)7-11-24/h2-5,15,19-20,25-26H,6-13H2,1H3/t19-,20-/m1/s1. The van der Waals surface area contributed by atoms with Crippen molar-refractivity contribution in [3.8, 4) is 0 Å². The molecule has 1 aromatic heterocycles. The van der Waals surface area contributed by atoms with Gasteiger partial charge in [-0.05, 0) is 38.3 Å². The molecule has 0 spiro atoms. The van der Waals surface area contributed by atoms with E-state index in [1.165, 1.54) is 0 Å². The van der Waals surface area contributed by atoms with Crippen LogP contribution in [0.3, 0.4) is 0 Å². The van der Waals surface area contributed by atoms with Crippen LogP contribution in [-0.2, 0) is 6.54 Å². The normalized spacial score (nSPS) is 26.4. The van der Waals surface area contributed by atoms with Crippen molar-refractivity contribution in [3.63, 3.8) is 0 Å². The maximum atomic E-state index is 10.7. The Kier molecular flexibility index (Phi) is 5.18. The first-order valence-corrected chi connectivity index (χ1v) is 9.65. The van der Waals surface area contributed by atoms with Gasteiger partial charge < -0.3 is 10.2 Å². The first-order chi connectivity index (χ1) is 12.6. The molecule has 140 valence electrons. The third-order valence-electron chi connectivity index (χ3n) is 5.81. The number of hydrogen-bond acceptors (Lipinski definition) is 6. The van der Waals surface area contributed by atoms with E-state index in [4.69, 9.17) is 4.98 Å². The SMILES string of the molecule is Cc1nc2ccccc2nc1CN1CC[C@@H](N2CCC(O)CC2)[C@H](O)C1. The zero-order valence-corrected chi connectivity index (χ0v) is 15.4. The predicted octanol–water partition coefficient (Wildman–Crippen LogP) is 1.33. The minimum Gasteiger partial charge on any atom is -0.393 e. The van der Waals surface area contributed by atoms with Crippen LogP contribution in [0.2, 0.25) is 0 Å². The number of para-hydroxylation sites is 2. The van der Waals surface area contributed by atoms with Crippen LogP contribution in [0.1, 0.15) is 30.7 Å². The van der Waals surface area contributed by atoms with Gasteiger partial charge in [0.25, 0.3) is 0 Å². The molecular formula is C20H28N4O2. The Morgan fingerprint density at radius 1 is 1.00 bits per heavy atom. The van der Waals surface area contributed by atoms with Crippen LogP contribution in [-0.4, -0.2) is 74.4 Å². The number of likely N-dealkylation sites (tertiary alicyclic amines) is 2. The Morgan fingerprint density at radius 3 is 2.38 bits per heavy atom. The van der Waals surface area contributed by atoms with Gasteiger partial charge in [0.1, 0.15) is 0 Å². The quantitative estimate of drug-likeness (QED) is 0.864. The Labute approximate surface area is 154 Å². The van der Waals surface area contributed by atoms with Gasteiger partial charge in [-0.2, -0.15) is 0 Å². The van der Waals surface area contributed by atoms with Crippen molar-refractivity contribution >= 4 is 11.0 Å². The predicted molar refractivity (Wildman–Crippen MR) is 101 cm³/mol. The van der Waals surface area contributed by atoms with Crippen LogP contribution < -0.4 is 0 Å². The highest BCUT2D eigenvalue weighted by atomic mass is 16.3. The number of aryl methyl sites for hydroxylation is 1. The molecule has 2 saturated heterocycles. The van der Waals surface area contributed by atoms with Crippen molar-refractivity contribution in [2.45, 2.75) is 51.0 Å². The third kappa shape index (κ3) is 3.74. The number of fused-ring (bicyclic) bond motifs is 1. The minimum atomic E-state index is -0.354. The lowest BCUT2D eigenvalue weighted by Gasteiger charge is -2.43. The number of nitrogens with zero attached hydrogens (tertiary/aromatic N) is 4. The van der Waals surface area contributed by atoms with E-state index < -0.39 is 0 Å². The summed E-state index contributed by atoms with van der Waals surface area (Å²) in [4.78, 5) is 14.1. The average Bonchev–Trinajstić information content (AvgIpc) is 2.63. The van der Waals surface area contributed by atoms with E-state index in [0.29, 0.717) is 6.54 Å². The Balaban J connectivity index is 1.41. The molecular weight excluding hydrogens is 328 g/mol. The van der Waals surface area contributed by atoms with Crippen molar-refractivity contribution in [2.75, 3.05) is 26.2 Å². The second-order valence-electron chi connectivity index (χ2n) is 7.67. The molecule has 0 saturated carbocycles. The van der Waals surface area contributed by atoms with E-state index in [1.54, 1.807) is 0 Å². The van der Waals surface area contributed by atoms with Crippen molar-refractivity contribution < 1.29 is 10.2 Å². The van der Waals surface area contributed by atoms with Gasteiger partial charge in [0.15, 0.2) is 0 Å². The van der Waals surface area contributed by atoms with E-state index in [-0.39, 0.29) is 18.2 Å². The van der Waals surface area contributed by atoms with Crippen molar-refractivity contribution in [2.24, 2.45) is 0 Å². The summed E-state index contributed by atoms with van der Waals surface area (Å²) in [7, 11) is 0. The number of aliphatic hydroxyl groups excluding tert-OH is 2. The lowest BCUT2D eigenvalue weighted by Crippen LogP contribution is -2.56. The fourth-order valence-electron chi connectivity index (χ4n) is 4.26. The molecule has 0 amide bonds. The molecule has 2 aromatic rings. The van der Waals surface area contributed by atoms with Gasteiger partial charge in [0, 0.05) is 38.8 Å². The fourth-order valence-corrected chi connectivity index (χ4v) is 4.26. The van der Waals surface area contributed by atoms with Gasteiger partial charge in [-0.15, -0.1) is 0 Å². The van der Waals surface area contributed by atoms with E-state index in [1.807, 2.05) is 31.2 Å². The van der Waals surface area contributed by atoms with E-state index >= 15 is 0 Å². The van der Waals surface area contributed by atoms with Gasteiger partial charge >= 0.3 is 0 Å². The van der Waals surface area contributed by atoms with Gasteiger partial charge in [-0.1, -0.05) is 12.1 Å². The molecule has 4 rings (SSSR count). The highest BCUT2D eigenvalue weighted by molar-refractivity contribution is 5.74. The molecule has 6 nitrogen and oxygen atoms in total. The van der Waals surface area contributed by atoms with E-state index in [2.05, 4.69) is 14.8 Å². The van der Waals surface area contributed by atoms with Gasteiger partial charge in [0.05, 0.1) is 34.6 Å². The van der Waals surface area contributed by atoms with Crippen LogP contribution in [0.25, 0.3) is 11.0 Å². The van der Waals surface area contributed by atoms with E-state index in [0.717, 1.165) is 67.9 Å². The topological polar surface area (TPSA) is 72.7 Å². The summed E-state index contributed by atoms with van der Waals surface area (Å²) in [6.07, 6.45) is 2.07. The van der Waals surface area contributed by atoms with Crippen LogP contribution in [0.5, 0.6) is 0 Å². The van der Waals surface area contributed by atoms with Crippen LogP contribution >= 0.6 is 0 Å². The summed E-state index contributed by atoms with van der Waals surface area (Å²) in [6, 6.07) is 8.17. The molecule has 0 unspecified atom stereocenters. The van der Waals surface area contributed by atoms with Crippen molar-refractivity contribution in [3.05, 3.63) is 35.7 Å². The summed E-state index contributed by atoms with van der Waals surface area (Å²) < 4.78 is 0. The number of aromatic nitrogens is 2. The largest absolute Gasteiger partial charge is 0.393 e. The molecule has 26 heavy (non-hydrogen) atoms. The number of rotatable bonds is 3. The minimum absolute atomic E-state index is 0.169. The lowest BCUT2D eigenvalue weighted by atomic mass is 9.96. The Hall–Kier alpha value is -1.60. The second-order valence-corrected chi connectivity index (χ2v) is 7.67. The highest BCUT2D eigenvalue weighted by Gasteiger charge is 2.34. The monoisotopic (exact) mass is 356 g/mol. The molecule has 2 atom stereocenters.